The van der Waals surface area contributed by atoms with Crippen molar-refractivity contribution in [1.82, 2.24) is 4.98 Å². The minimum absolute atomic E-state index is 0.0786. The summed E-state index contributed by atoms with van der Waals surface area (Å²) in [6.07, 6.45) is 5.60. The molecule has 1 saturated heterocycles. The first-order valence-corrected chi connectivity index (χ1v) is 13.8. The van der Waals surface area contributed by atoms with Crippen molar-refractivity contribution >= 4 is 39.4 Å². The van der Waals surface area contributed by atoms with E-state index in [9.17, 15) is 14.8 Å². The van der Waals surface area contributed by atoms with Crippen LogP contribution in [-0.4, -0.2) is 45.0 Å². The molecule has 1 aromatic heterocycles. The fourth-order valence-electron chi connectivity index (χ4n) is 4.97. The van der Waals surface area contributed by atoms with Gasteiger partial charge in [0.25, 0.3) is 0 Å². The summed E-state index contributed by atoms with van der Waals surface area (Å²) in [5.41, 5.74) is 3.92. The van der Waals surface area contributed by atoms with Gasteiger partial charge in [-0.2, -0.15) is 4.73 Å². The van der Waals surface area contributed by atoms with E-state index in [2.05, 4.69) is 42.3 Å². The Kier molecular flexibility index (Phi) is 7.84. The Labute approximate surface area is 209 Å². The lowest BCUT2D eigenvalue weighted by atomic mass is 9.76. The van der Waals surface area contributed by atoms with Crippen LogP contribution in [-0.2, 0) is 16.0 Å². The standard InChI is InChI=1S/C25H31N3O4S2/c1-4-17-7-6-8-18-19-9-10-32-25(5-2,23(19)27-22(17)18)13-21(29)33-11-12-34-24(30)20-15-28(31)16(3)14-26-20/h6-8,14-15,19,23,27H,4-5,9-13H2,1-3H3. The number of fused-ring (bicyclic) bond motifs is 3. The van der Waals surface area contributed by atoms with E-state index >= 15 is 0 Å². The van der Waals surface area contributed by atoms with Crippen LogP contribution in [0.4, 0.5) is 5.69 Å². The third kappa shape index (κ3) is 4.97. The molecule has 0 bridgehead atoms. The minimum Gasteiger partial charge on any atom is -0.618 e. The Morgan fingerprint density at radius 2 is 2.09 bits per heavy atom. The van der Waals surface area contributed by atoms with Gasteiger partial charge in [-0.3, -0.25) is 9.59 Å². The number of rotatable bonds is 8. The zero-order chi connectivity index (χ0) is 24.3. The van der Waals surface area contributed by atoms with E-state index in [1.807, 2.05) is 0 Å². The number of nitrogens with zero attached hydrogens (tertiary/aromatic N) is 2. The molecule has 0 spiro atoms. The summed E-state index contributed by atoms with van der Waals surface area (Å²) in [7, 11) is 0. The number of hydrogen-bond acceptors (Lipinski definition) is 8. The fourth-order valence-corrected chi connectivity index (χ4v) is 6.65. The van der Waals surface area contributed by atoms with Crippen molar-refractivity contribution in [3.05, 3.63) is 58.3 Å². The van der Waals surface area contributed by atoms with E-state index in [-0.39, 0.29) is 22.0 Å². The van der Waals surface area contributed by atoms with Crippen molar-refractivity contribution in [1.29, 1.82) is 0 Å². The Hall–Kier alpha value is -2.10. The van der Waals surface area contributed by atoms with E-state index in [1.165, 1.54) is 41.0 Å². The lowest BCUT2D eigenvalue weighted by molar-refractivity contribution is -0.613. The molecule has 1 N–H and O–H groups in total. The van der Waals surface area contributed by atoms with Crippen LogP contribution < -0.4 is 10.0 Å². The number of hydrogen-bond donors (Lipinski definition) is 1. The van der Waals surface area contributed by atoms with Gasteiger partial charge in [0.15, 0.2) is 10.8 Å². The lowest BCUT2D eigenvalue weighted by Gasteiger charge is -2.44. The zero-order valence-electron chi connectivity index (χ0n) is 19.8. The van der Waals surface area contributed by atoms with Crippen LogP contribution in [0.15, 0.2) is 30.6 Å². The number of carbonyl (C=O) groups is 2. The number of aromatic nitrogens is 2. The van der Waals surface area contributed by atoms with Crippen LogP contribution in [0.5, 0.6) is 0 Å². The molecular formula is C25H31N3O4S2. The van der Waals surface area contributed by atoms with Gasteiger partial charge in [0, 0.05) is 43.1 Å². The second-order valence-corrected chi connectivity index (χ2v) is 11.0. The number of para-hydroxylation sites is 1. The van der Waals surface area contributed by atoms with E-state index in [0.717, 1.165) is 31.0 Å². The first kappa shape index (κ1) is 25.0. The summed E-state index contributed by atoms with van der Waals surface area (Å²) in [5, 5.41) is 15.2. The number of nitrogens with one attached hydrogen (secondary N) is 1. The monoisotopic (exact) mass is 501 g/mol. The van der Waals surface area contributed by atoms with Gasteiger partial charge in [-0.05, 0) is 30.4 Å². The molecule has 3 unspecified atom stereocenters. The number of benzene rings is 1. The molecule has 1 fully saturated rings. The van der Waals surface area contributed by atoms with Crippen LogP contribution >= 0.6 is 23.5 Å². The zero-order valence-corrected chi connectivity index (χ0v) is 21.5. The highest BCUT2D eigenvalue weighted by Gasteiger charge is 2.51. The van der Waals surface area contributed by atoms with Gasteiger partial charge in [-0.1, -0.05) is 55.6 Å². The predicted octanol–water partition coefficient (Wildman–Crippen LogP) is 4.26. The van der Waals surface area contributed by atoms with Crippen LogP contribution in [0.25, 0.3) is 0 Å². The highest BCUT2D eigenvalue weighted by Crippen LogP contribution is 2.49. The number of thioether (sulfide) groups is 2. The summed E-state index contributed by atoms with van der Waals surface area (Å²) >= 11 is 2.32. The molecule has 3 atom stereocenters. The number of ether oxygens (including phenoxy) is 1. The Bertz CT molecular complexity index is 1080. The lowest BCUT2D eigenvalue weighted by Crippen LogP contribution is -2.54. The highest BCUT2D eigenvalue weighted by molar-refractivity contribution is 8.17. The molecule has 34 heavy (non-hydrogen) atoms. The van der Waals surface area contributed by atoms with Crippen molar-refractivity contribution in [3.63, 3.8) is 0 Å². The highest BCUT2D eigenvalue weighted by atomic mass is 32.2. The van der Waals surface area contributed by atoms with Crippen LogP contribution in [0.2, 0.25) is 0 Å². The average molecular weight is 502 g/mol. The molecule has 182 valence electrons. The normalized spacial score (nSPS) is 23.1. The molecule has 0 aliphatic carbocycles. The molecule has 0 radical (unpaired) electrons. The molecule has 3 heterocycles. The second-order valence-electron chi connectivity index (χ2n) is 8.79. The van der Waals surface area contributed by atoms with Crippen molar-refractivity contribution in [2.75, 3.05) is 23.4 Å². The van der Waals surface area contributed by atoms with Gasteiger partial charge in [0.2, 0.25) is 17.0 Å². The number of aryl methyl sites for hydroxylation is 2. The molecule has 7 nitrogen and oxygen atoms in total. The van der Waals surface area contributed by atoms with E-state index in [0.29, 0.717) is 40.9 Å². The van der Waals surface area contributed by atoms with Gasteiger partial charge in [0.1, 0.15) is 0 Å². The van der Waals surface area contributed by atoms with Crippen LogP contribution in [0.1, 0.15) is 66.3 Å². The number of anilines is 1. The van der Waals surface area contributed by atoms with Gasteiger partial charge in [-0.15, -0.1) is 0 Å². The molecule has 2 aliphatic heterocycles. The van der Waals surface area contributed by atoms with E-state index < -0.39 is 5.60 Å². The molecule has 2 aliphatic rings. The predicted molar refractivity (Wildman–Crippen MR) is 136 cm³/mol. The summed E-state index contributed by atoms with van der Waals surface area (Å²) in [4.78, 5) is 29.3. The molecule has 2 aromatic rings. The Morgan fingerprint density at radius 1 is 1.29 bits per heavy atom. The van der Waals surface area contributed by atoms with E-state index in [1.54, 1.807) is 6.92 Å². The first-order chi connectivity index (χ1) is 16.4. The van der Waals surface area contributed by atoms with Gasteiger partial charge >= 0.3 is 0 Å². The Balaban J connectivity index is 1.33. The third-order valence-corrected chi connectivity index (χ3v) is 8.87. The second kappa shape index (κ2) is 10.7. The fraction of sp³-hybridized carbons (Fsp3) is 0.520. The van der Waals surface area contributed by atoms with E-state index in [4.69, 9.17) is 4.74 Å². The Morgan fingerprint density at radius 3 is 2.82 bits per heavy atom. The maximum absolute atomic E-state index is 13.0. The molecular weight excluding hydrogens is 470 g/mol. The molecule has 9 heteroatoms. The summed E-state index contributed by atoms with van der Waals surface area (Å²) in [5.74, 6) is 1.34. The van der Waals surface area contributed by atoms with Gasteiger partial charge < -0.3 is 15.3 Å². The number of carbonyl (C=O) groups excluding carboxylic acids is 2. The molecule has 4 rings (SSSR count). The average Bonchev–Trinajstić information content (AvgIpc) is 3.23. The molecule has 1 aromatic carbocycles. The smallest absolute Gasteiger partial charge is 0.243 e. The first-order valence-electron chi connectivity index (χ1n) is 11.8. The largest absolute Gasteiger partial charge is 0.618 e. The van der Waals surface area contributed by atoms with Crippen molar-refractivity contribution in [2.45, 2.75) is 64.0 Å². The summed E-state index contributed by atoms with van der Waals surface area (Å²) in [6, 6.07) is 6.59. The molecule has 0 saturated carbocycles. The topological polar surface area (TPSA) is 95.2 Å². The van der Waals surface area contributed by atoms with Crippen LogP contribution in [0.3, 0.4) is 0 Å². The maximum atomic E-state index is 13.0. The van der Waals surface area contributed by atoms with Crippen LogP contribution in [0, 0.1) is 12.1 Å². The summed E-state index contributed by atoms with van der Waals surface area (Å²) < 4.78 is 6.97. The molecule has 0 amide bonds. The summed E-state index contributed by atoms with van der Waals surface area (Å²) in [6.45, 7) is 6.54. The quantitative estimate of drug-likeness (QED) is 0.326. The van der Waals surface area contributed by atoms with Crippen molar-refractivity contribution in [3.8, 4) is 0 Å². The van der Waals surface area contributed by atoms with Gasteiger partial charge in [-0.25, -0.2) is 4.98 Å². The maximum Gasteiger partial charge on any atom is 0.243 e. The van der Waals surface area contributed by atoms with Crippen molar-refractivity contribution < 1.29 is 19.1 Å². The van der Waals surface area contributed by atoms with Gasteiger partial charge in [0.05, 0.1) is 17.8 Å². The SMILES string of the molecule is CCc1cccc2c1NC1C2CCOC1(CC)CC(=O)SCCSC(=O)c1c[n+]([O-])c(C)cn1. The minimum atomic E-state index is -0.534. The third-order valence-electron chi connectivity index (χ3n) is 6.86. The van der Waals surface area contributed by atoms with Crippen molar-refractivity contribution in [2.24, 2.45) is 0 Å².